The van der Waals surface area contributed by atoms with Crippen molar-refractivity contribution in [3.8, 4) is 0 Å². The summed E-state index contributed by atoms with van der Waals surface area (Å²) in [6.45, 7) is 4.74. The van der Waals surface area contributed by atoms with E-state index in [1.807, 2.05) is 0 Å². The third kappa shape index (κ3) is 4.83. The molecule has 1 atom stereocenters. The van der Waals surface area contributed by atoms with E-state index in [1.165, 1.54) is 31.2 Å². The highest BCUT2D eigenvalue weighted by atomic mass is 32.2. The van der Waals surface area contributed by atoms with Crippen molar-refractivity contribution in [1.29, 1.82) is 0 Å². The molecule has 0 aliphatic carbocycles. The van der Waals surface area contributed by atoms with Crippen molar-refractivity contribution in [2.45, 2.75) is 37.8 Å². The Labute approximate surface area is 123 Å². The zero-order chi connectivity index (χ0) is 16.2. The molecular formula is C13H18N2O5S. The summed E-state index contributed by atoms with van der Waals surface area (Å²) in [5, 5.41) is 11.0. The summed E-state index contributed by atoms with van der Waals surface area (Å²) < 4.78 is 26.2. The summed E-state index contributed by atoms with van der Waals surface area (Å²) in [5.74, 6) is -1.73. The van der Waals surface area contributed by atoms with Gasteiger partial charge in [-0.2, -0.15) is 0 Å². The van der Waals surface area contributed by atoms with E-state index in [1.54, 1.807) is 13.8 Å². The second-order valence-electron chi connectivity index (χ2n) is 4.83. The van der Waals surface area contributed by atoms with E-state index in [0.29, 0.717) is 0 Å². The summed E-state index contributed by atoms with van der Waals surface area (Å²) in [5.41, 5.74) is 0.187. The van der Waals surface area contributed by atoms with Gasteiger partial charge in [0.1, 0.15) is 6.04 Å². The van der Waals surface area contributed by atoms with Crippen LogP contribution in [0.2, 0.25) is 0 Å². The molecule has 7 nitrogen and oxygen atoms in total. The molecule has 0 fully saturated rings. The topological polar surface area (TPSA) is 113 Å². The molecular weight excluding hydrogens is 296 g/mol. The summed E-state index contributed by atoms with van der Waals surface area (Å²) in [4.78, 5) is 22.5. The van der Waals surface area contributed by atoms with E-state index in [4.69, 9.17) is 5.11 Å². The van der Waals surface area contributed by atoms with Crippen LogP contribution in [0.3, 0.4) is 0 Å². The van der Waals surface area contributed by atoms with Gasteiger partial charge < -0.3 is 10.4 Å². The lowest BCUT2D eigenvalue weighted by atomic mass is 10.2. The number of amides is 1. The molecule has 0 unspecified atom stereocenters. The molecule has 116 valence electrons. The van der Waals surface area contributed by atoms with Crippen LogP contribution in [0.4, 0.5) is 0 Å². The number of carbonyl (C=O) groups excluding carboxylic acids is 1. The lowest BCUT2D eigenvalue weighted by Crippen LogP contribution is -2.38. The number of hydrogen-bond acceptors (Lipinski definition) is 4. The molecule has 0 saturated carbocycles. The Bertz CT molecular complexity index is 622. The smallest absolute Gasteiger partial charge is 0.325 e. The highest BCUT2D eigenvalue weighted by Gasteiger charge is 2.18. The average molecular weight is 314 g/mol. The molecule has 3 N–H and O–H groups in total. The maximum atomic E-state index is 11.9. The summed E-state index contributed by atoms with van der Waals surface area (Å²) in [6.07, 6.45) is 0. The minimum absolute atomic E-state index is 0.0408. The molecule has 0 bridgehead atoms. The molecule has 0 aliphatic heterocycles. The van der Waals surface area contributed by atoms with E-state index in [0.717, 1.165) is 0 Å². The number of hydrogen-bond donors (Lipinski definition) is 3. The van der Waals surface area contributed by atoms with Crippen molar-refractivity contribution >= 4 is 21.9 Å². The molecule has 0 aromatic heterocycles. The van der Waals surface area contributed by atoms with Crippen LogP contribution < -0.4 is 10.0 Å². The Morgan fingerprint density at radius 1 is 1.10 bits per heavy atom. The van der Waals surface area contributed by atoms with E-state index < -0.39 is 27.9 Å². The van der Waals surface area contributed by atoms with Gasteiger partial charge in [0.05, 0.1) is 4.90 Å². The number of carbonyl (C=O) groups is 2. The van der Waals surface area contributed by atoms with Gasteiger partial charge in [0, 0.05) is 11.6 Å². The van der Waals surface area contributed by atoms with Crippen LogP contribution in [0.5, 0.6) is 0 Å². The van der Waals surface area contributed by atoms with Crippen molar-refractivity contribution < 1.29 is 23.1 Å². The first-order valence-electron chi connectivity index (χ1n) is 6.29. The van der Waals surface area contributed by atoms with Crippen LogP contribution >= 0.6 is 0 Å². The second kappa shape index (κ2) is 6.68. The van der Waals surface area contributed by atoms with Crippen LogP contribution in [-0.4, -0.2) is 37.5 Å². The third-order valence-corrected chi connectivity index (χ3v) is 4.21. The molecule has 0 spiro atoms. The minimum atomic E-state index is -3.61. The highest BCUT2D eigenvalue weighted by Crippen LogP contribution is 2.11. The predicted molar refractivity (Wildman–Crippen MR) is 76.5 cm³/mol. The van der Waals surface area contributed by atoms with Crippen LogP contribution in [0.25, 0.3) is 0 Å². The van der Waals surface area contributed by atoms with E-state index in [-0.39, 0.29) is 16.5 Å². The Morgan fingerprint density at radius 3 is 2.05 bits per heavy atom. The average Bonchev–Trinajstić information content (AvgIpc) is 2.37. The summed E-state index contributed by atoms with van der Waals surface area (Å²) >= 11 is 0. The number of sulfonamides is 1. The number of benzene rings is 1. The van der Waals surface area contributed by atoms with Gasteiger partial charge in [-0.3, -0.25) is 9.59 Å². The van der Waals surface area contributed by atoms with E-state index in [9.17, 15) is 18.0 Å². The molecule has 0 radical (unpaired) electrons. The van der Waals surface area contributed by atoms with E-state index in [2.05, 4.69) is 10.0 Å². The van der Waals surface area contributed by atoms with Crippen molar-refractivity contribution in [1.82, 2.24) is 10.0 Å². The zero-order valence-electron chi connectivity index (χ0n) is 12.0. The van der Waals surface area contributed by atoms with Crippen LogP contribution in [0.1, 0.15) is 31.1 Å². The Morgan fingerprint density at radius 2 is 1.62 bits per heavy atom. The Kier molecular flexibility index (Phi) is 5.45. The number of rotatable bonds is 6. The second-order valence-corrected chi connectivity index (χ2v) is 6.55. The van der Waals surface area contributed by atoms with Crippen LogP contribution in [0, 0.1) is 0 Å². The number of carboxylic acid groups (broad SMARTS) is 1. The normalized spacial score (nSPS) is 13.0. The van der Waals surface area contributed by atoms with Gasteiger partial charge in [0.25, 0.3) is 5.91 Å². The molecule has 1 aromatic carbocycles. The van der Waals surface area contributed by atoms with Gasteiger partial charge in [-0.05, 0) is 45.0 Å². The third-order valence-electron chi connectivity index (χ3n) is 2.54. The number of carboxylic acids is 1. The number of nitrogens with one attached hydrogen (secondary N) is 2. The van der Waals surface area contributed by atoms with Crippen molar-refractivity contribution in [3.63, 3.8) is 0 Å². The standard InChI is InChI=1S/C13H18N2O5S/c1-8(2)15-21(19,20)11-6-4-10(5-7-11)12(16)14-9(3)13(17)18/h4-9,15H,1-3H3,(H,14,16)(H,17,18)/t9-/m0/s1. The molecule has 8 heteroatoms. The summed E-state index contributed by atoms with van der Waals surface area (Å²) in [6, 6.07) is 3.99. The van der Waals surface area contributed by atoms with Crippen LogP contribution in [-0.2, 0) is 14.8 Å². The maximum Gasteiger partial charge on any atom is 0.325 e. The molecule has 0 heterocycles. The quantitative estimate of drug-likeness (QED) is 0.711. The molecule has 1 aromatic rings. The SMILES string of the molecule is CC(C)NS(=O)(=O)c1ccc(C(=O)N[C@@H](C)C(=O)O)cc1. The fraction of sp³-hybridized carbons (Fsp3) is 0.385. The fourth-order valence-corrected chi connectivity index (χ4v) is 2.76. The van der Waals surface area contributed by atoms with Gasteiger partial charge in [0.2, 0.25) is 10.0 Å². The van der Waals surface area contributed by atoms with Gasteiger partial charge in [0.15, 0.2) is 0 Å². The Hall–Kier alpha value is -1.93. The fourth-order valence-electron chi connectivity index (χ4n) is 1.51. The van der Waals surface area contributed by atoms with Gasteiger partial charge in [-0.1, -0.05) is 0 Å². The highest BCUT2D eigenvalue weighted by molar-refractivity contribution is 7.89. The first-order chi connectivity index (χ1) is 9.63. The monoisotopic (exact) mass is 314 g/mol. The van der Waals surface area contributed by atoms with Gasteiger partial charge in [-0.15, -0.1) is 0 Å². The first-order valence-corrected chi connectivity index (χ1v) is 7.78. The predicted octanol–water partition coefficient (Wildman–Crippen LogP) is 0.576. The van der Waals surface area contributed by atoms with Crippen LogP contribution in [0.15, 0.2) is 29.2 Å². The molecule has 1 rings (SSSR count). The van der Waals surface area contributed by atoms with Gasteiger partial charge in [-0.25, -0.2) is 13.1 Å². The van der Waals surface area contributed by atoms with Gasteiger partial charge >= 0.3 is 5.97 Å². The summed E-state index contributed by atoms with van der Waals surface area (Å²) in [7, 11) is -3.61. The maximum absolute atomic E-state index is 11.9. The number of aliphatic carboxylic acids is 1. The first kappa shape index (κ1) is 17.1. The molecule has 21 heavy (non-hydrogen) atoms. The van der Waals surface area contributed by atoms with E-state index >= 15 is 0 Å². The molecule has 1 amide bonds. The molecule has 0 aliphatic rings. The zero-order valence-corrected chi connectivity index (χ0v) is 12.8. The van der Waals surface area contributed by atoms with Crippen molar-refractivity contribution in [2.75, 3.05) is 0 Å². The van der Waals surface area contributed by atoms with Crippen molar-refractivity contribution in [2.24, 2.45) is 0 Å². The lowest BCUT2D eigenvalue weighted by Gasteiger charge is -2.11. The largest absolute Gasteiger partial charge is 0.480 e. The lowest BCUT2D eigenvalue weighted by molar-refractivity contribution is -0.138. The van der Waals surface area contributed by atoms with Crippen molar-refractivity contribution in [3.05, 3.63) is 29.8 Å². The minimum Gasteiger partial charge on any atom is -0.480 e. The Balaban J connectivity index is 2.88. The molecule has 0 saturated heterocycles.